The zero-order chi connectivity index (χ0) is 25.1. The lowest BCUT2D eigenvalue weighted by atomic mass is 9.53. The highest BCUT2D eigenvalue weighted by molar-refractivity contribution is 7.54. The highest BCUT2D eigenvalue weighted by atomic mass is 31.2. The Morgan fingerprint density at radius 3 is 1.59 bits per heavy atom. The first kappa shape index (κ1) is 24.3. The second-order valence-corrected chi connectivity index (χ2v) is 13.0. The summed E-state index contributed by atoms with van der Waals surface area (Å²) in [7, 11) is -3.57. The number of benzene rings is 3. The molecule has 4 aliphatic rings. The number of para-hydroxylation sites is 3. The standard InChI is InChI=1S/C31H34NO4P/c33-37(35-28-12-6-2-7-13-28,36-29-14-8-3-9-15-29)17-16-30(34-27-10-4-1-5-11-27)32-31-21-24-18-25(22-31)20-26(19-24)23-31/h1-15,24-26H,16-23H2. The second kappa shape index (κ2) is 10.4. The fourth-order valence-electron chi connectivity index (χ4n) is 6.85. The first-order chi connectivity index (χ1) is 18.0. The van der Waals surface area contributed by atoms with E-state index in [9.17, 15) is 4.57 Å². The average molecular weight is 516 g/mol. The monoisotopic (exact) mass is 515 g/mol. The second-order valence-electron chi connectivity index (χ2n) is 11.0. The van der Waals surface area contributed by atoms with Crippen LogP contribution in [0.2, 0.25) is 0 Å². The lowest BCUT2D eigenvalue weighted by Crippen LogP contribution is -2.50. The number of aliphatic imine (C=N–C) groups is 1. The molecule has 0 radical (unpaired) electrons. The van der Waals surface area contributed by atoms with Gasteiger partial charge in [-0.3, -0.25) is 0 Å². The van der Waals surface area contributed by atoms with Crippen LogP contribution in [-0.2, 0) is 4.57 Å². The van der Waals surface area contributed by atoms with Crippen LogP contribution in [0.25, 0.3) is 0 Å². The van der Waals surface area contributed by atoms with Crippen molar-refractivity contribution in [2.24, 2.45) is 22.7 Å². The minimum atomic E-state index is -3.57. The van der Waals surface area contributed by atoms with Crippen molar-refractivity contribution in [1.82, 2.24) is 0 Å². The summed E-state index contributed by atoms with van der Waals surface area (Å²) in [6.07, 6.45) is 8.01. The van der Waals surface area contributed by atoms with Gasteiger partial charge in [-0.25, -0.2) is 9.56 Å². The Labute approximate surface area is 219 Å². The summed E-state index contributed by atoms with van der Waals surface area (Å²) < 4.78 is 32.5. The summed E-state index contributed by atoms with van der Waals surface area (Å²) in [6.45, 7) is 0. The third-order valence-corrected chi connectivity index (χ3v) is 9.67. The number of hydrogen-bond donors (Lipinski definition) is 0. The van der Waals surface area contributed by atoms with Gasteiger partial charge in [-0.05, 0) is 92.7 Å². The number of hydrogen-bond acceptors (Lipinski definition) is 5. The van der Waals surface area contributed by atoms with E-state index in [1.165, 1.54) is 19.3 Å². The van der Waals surface area contributed by atoms with Gasteiger partial charge in [-0.15, -0.1) is 0 Å². The van der Waals surface area contributed by atoms with Gasteiger partial charge in [0.05, 0.1) is 11.7 Å². The van der Waals surface area contributed by atoms with Crippen molar-refractivity contribution in [3.05, 3.63) is 91.0 Å². The van der Waals surface area contributed by atoms with Gasteiger partial charge in [0.2, 0.25) is 0 Å². The van der Waals surface area contributed by atoms with Crippen LogP contribution in [0.15, 0.2) is 96.0 Å². The molecule has 0 N–H and O–H groups in total. The SMILES string of the molecule is O=P(CCC(=NC12CC3CC(CC(C3)C1)C2)Oc1ccccc1)(Oc1ccccc1)Oc1ccccc1. The molecule has 0 unspecified atom stereocenters. The van der Waals surface area contributed by atoms with Gasteiger partial charge in [0.15, 0.2) is 5.90 Å². The third-order valence-electron chi connectivity index (χ3n) is 7.92. The molecule has 4 bridgehead atoms. The minimum absolute atomic E-state index is 0.0522. The summed E-state index contributed by atoms with van der Waals surface area (Å²) in [5.41, 5.74) is -0.0522. The van der Waals surface area contributed by atoms with Crippen LogP contribution in [0.1, 0.15) is 44.9 Å². The molecule has 4 fully saturated rings. The molecular weight excluding hydrogens is 481 g/mol. The Hall–Kier alpha value is -3.04. The van der Waals surface area contributed by atoms with Crippen molar-refractivity contribution in [3.8, 4) is 17.2 Å². The smallest absolute Gasteiger partial charge is 0.431 e. The molecule has 0 aromatic heterocycles. The Bertz CT molecular complexity index is 1180. The summed E-state index contributed by atoms with van der Waals surface area (Å²) >= 11 is 0. The maximum Gasteiger partial charge on any atom is 0.431 e. The third kappa shape index (κ3) is 5.93. The molecule has 3 aromatic rings. The van der Waals surface area contributed by atoms with Crippen LogP contribution in [-0.4, -0.2) is 17.6 Å². The first-order valence-corrected chi connectivity index (χ1v) is 15.2. The van der Waals surface area contributed by atoms with Crippen LogP contribution in [0, 0.1) is 17.8 Å². The van der Waals surface area contributed by atoms with Crippen molar-refractivity contribution in [3.63, 3.8) is 0 Å². The molecule has 5 nitrogen and oxygen atoms in total. The van der Waals surface area contributed by atoms with Crippen LogP contribution >= 0.6 is 7.60 Å². The number of nitrogens with zero attached hydrogens (tertiary/aromatic N) is 1. The molecule has 0 aliphatic heterocycles. The van der Waals surface area contributed by atoms with Crippen LogP contribution in [0.3, 0.4) is 0 Å². The van der Waals surface area contributed by atoms with Crippen molar-refractivity contribution in [1.29, 1.82) is 0 Å². The average Bonchev–Trinajstić information content (AvgIpc) is 2.88. The number of rotatable bonds is 9. The normalized spacial score (nSPS) is 26.6. The Kier molecular flexibility index (Phi) is 6.82. The maximum atomic E-state index is 14.1. The predicted octanol–water partition coefficient (Wildman–Crippen LogP) is 8.17. The maximum absolute atomic E-state index is 14.1. The summed E-state index contributed by atoms with van der Waals surface area (Å²) in [4.78, 5) is 5.34. The fourth-order valence-corrected chi connectivity index (χ4v) is 8.42. The van der Waals surface area contributed by atoms with E-state index in [0.717, 1.165) is 42.8 Å². The van der Waals surface area contributed by atoms with Gasteiger partial charge in [0.25, 0.3) is 0 Å². The fraction of sp³-hybridized carbons (Fsp3) is 0.387. The Morgan fingerprint density at radius 1 is 0.703 bits per heavy atom. The van der Waals surface area contributed by atoms with E-state index in [1.54, 1.807) is 24.3 Å². The zero-order valence-electron chi connectivity index (χ0n) is 21.1. The molecule has 7 rings (SSSR count). The lowest BCUT2D eigenvalue weighted by Gasteiger charge is -2.55. The quantitative estimate of drug-likeness (QED) is 0.164. The molecule has 192 valence electrons. The molecule has 3 aromatic carbocycles. The topological polar surface area (TPSA) is 57.1 Å². The summed E-state index contributed by atoms with van der Waals surface area (Å²) in [5.74, 6) is 4.75. The molecule has 37 heavy (non-hydrogen) atoms. The van der Waals surface area contributed by atoms with Gasteiger partial charge in [0.1, 0.15) is 17.2 Å². The molecule has 4 aliphatic carbocycles. The van der Waals surface area contributed by atoms with E-state index >= 15 is 0 Å². The van der Waals surface area contributed by atoms with Crippen LogP contribution in [0.5, 0.6) is 17.2 Å². The van der Waals surface area contributed by atoms with E-state index in [-0.39, 0.29) is 11.7 Å². The highest BCUT2D eigenvalue weighted by Gasteiger charge is 2.51. The summed E-state index contributed by atoms with van der Waals surface area (Å²) in [5, 5.41) is 0. The van der Waals surface area contributed by atoms with Crippen LogP contribution in [0.4, 0.5) is 0 Å². The van der Waals surface area contributed by atoms with Crippen molar-refractivity contribution in [2.75, 3.05) is 6.16 Å². The van der Waals surface area contributed by atoms with Gasteiger partial charge in [-0.1, -0.05) is 54.6 Å². The van der Waals surface area contributed by atoms with Gasteiger partial charge >= 0.3 is 7.60 Å². The van der Waals surface area contributed by atoms with E-state index in [1.807, 2.05) is 66.7 Å². The lowest BCUT2D eigenvalue weighted by molar-refractivity contribution is 0.000907. The van der Waals surface area contributed by atoms with Crippen molar-refractivity contribution in [2.45, 2.75) is 50.5 Å². The molecular formula is C31H34NO4P. The molecule has 6 heteroatoms. The highest BCUT2D eigenvalue weighted by Crippen LogP contribution is 2.57. The molecule has 0 spiro atoms. The molecule has 0 heterocycles. The van der Waals surface area contributed by atoms with E-state index in [0.29, 0.717) is 23.8 Å². The number of ether oxygens (including phenoxy) is 1. The van der Waals surface area contributed by atoms with Crippen LogP contribution < -0.4 is 13.8 Å². The summed E-state index contributed by atoms with van der Waals surface area (Å²) in [6, 6.07) is 28.2. The van der Waals surface area contributed by atoms with E-state index in [2.05, 4.69) is 0 Å². The van der Waals surface area contributed by atoms with Gasteiger partial charge in [0, 0.05) is 6.42 Å². The zero-order valence-corrected chi connectivity index (χ0v) is 22.0. The Morgan fingerprint density at radius 2 is 1.14 bits per heavy atom. The van der Waals surface area contributed by atoms with Crippen molar-refractivity contribution < 1.29 is 18.3 Å². The molecule has 4 saturated carbocycles. The first-order valence-electron chi connectivity index (χ1n) is 13.4. The van der Waals surface area contributed by atoms with Crippen molar-refractivity contribution >= 4 is 13.5 Å². The Balaban J connectivity index is 1.27. The predicted molar refractivity (Wildman–Crippen MR) is 147 cm³/mol. The van der Waals surface area contributed by atoms with E-state index < -0.39 is 7.60 Å². The molecule has 0 atom stereocenters. The van der Waals surface area contributed by atoms with Gasteiger partial charge < -0.3 is 13.8 Å². The minimum Gasteiger partial charge on any atom is -0.443 e. The molecule has 0 amide bonds. The van der Waals surface area contributed by atoms with E-state index in [4.69, 9.17) is 18.8 Å². The van der Waals surface area contributed by atoms with Gasteiger partial charge in [-0.2, -0.15) is 0 Å². The molecule has 0 saturated heterocycles. The largest absolute Gasteiger partial charge is 0.443 e.